The lowest BCUT2D eigenvalue weighted by Crippen LogP contribution is -1.97. The van der Waals surface area contributed by atoms with Crippen molar-refractivity contribution >= 4 is 10.8 Å². The molecule has 0 heterocycles. The van der Waals surface area contributed by atoms with E-state index in [-0.39, 0.29) is 0 Å². The molecule has 2 nitrogen and oxygen atoms in total. The molecule has 0 unspecified atom stereocenters. The zero-order valence-corrected chi connectivity index (χ0v) is 15.6. The van der Waals surface area contributed by atoms with Crippen LogP contribution >= 0.6 is 0 Å². The Balaban J connectivity index is 1.70. The Hall–Kier alpha value is -2.01. The van der Waals surface area contributed by atoms with Crippen molar-refractivity contribution < 1.29 is 4.74 Å². The second kappa shape index (κ2) is 11.5. The topological polar surface area (TPSA) is 33.0 Å². The first-order valence-electron chi connectivity index (χ1n) is 9.86. The Morgan fingerprint density at radius 2 is 1.52 bits per heavy atom. The third-order valence-electron chi connectivity index (χ3n) is 4.67. The number of fused-ring (bicyclic) bond motifs is 1. The number of benzene rings is 2. The molecule has 0 N–H and O–H groups in total. The highest BCUT2D eigenvalue weighted by Gasteiger charge is 2.00. The standard InChI is InChI=1S/C23H31NO/c1-2-3-4-5-6-7-8-9-17-25-23-15-14-21-18-20(11-10-16-24)12-13-22(21)19-23/h12-15,18-19H,2-11,17H2,1H3. The van der Waals surface area contributed by atoms with Gasteiger partial charge < -0.3 is 4.74 Å². The minimum absolute atomic E-state index is 0.575. The van der Waals surface area contributed by atoms with Gasteiger partial charge in [-0.05, 0) is 41.3 Å². The molecule has 134 valence electrons. The number of unbranched alkanes of at least 4 members (excludes halogenated alkanes) is 7. The second-order valence-electron chi connectivity index (χ2n) is 6.82. The van der Waals surface area contributed by atoms with Crippen LogP contribution in [0.15, 0.2) is 36.4 Å². The van der Waals surface area contributed by atoms with Gasteiger partial charge in [-0.3, -0.25) is 0 Å². The maximum atomic E-state index is 8.70. The monoisotopic (exact) mass is 337 g/mol. The number of nitriles is 1. The highest BCUT2D eigenvalue weighted by Crippen LogP contribution is 2.23. The predicted octanol–water partition coefficient (Wildman–Crippen LogP) is 6.82. The summed E-state index contributed by atoms with van der Waals surface area (Å²) in [6.45, 7) is 3.07. The molecule has 25 heavy (non-hydrogen) atoms. The first-order valence-corrected chi connectivity index (χ1v) is 9.86. The molecule has 0 amide bonds. The molecular formula is C23H31NO. The number of ether oxygens (including phenoxy) is 1. The summed E-state index contributed by atoms with van der Waals surface area (Å²) in [5, 5.41) is 11.1. The maximum Gasteiger partial charge on any atom is 0.119 e. The molecule has 0 radical (unpaired) electrons. The third kappa shape index (κ3) is 7.18. The summed E-state index contributed by atoms with van der Waals surface area (Å²) >= 11 is 0. The first-order chi connectivity index (χ1) is 12.3. The molecule has 0 fully saturated rings. The first kappa shape index (κ1) is 19.3. The molecule has 0 atom stereocenters. The van der Waals surface area contributed by atoms with Gasteiger partial charge in [-0.15, -0.1) is 0 Å². The van der Waals surface area contributed by atoms with Crippen molar-refractivity contribution in [2.45, 2.75) is 71.1 Å². The van der Waals surface area contributed by atoms with E-state index in [1.165, 1.54) is 61.3 Å². The van der Waals surface area contributed by atoms with E-state index in [4.69, 9.17) is 10.00 Å². The van der Waals surface area contributed by atoms with Crippen molar-refractivity contribution in [3.05, 3.63) is 42.0 Å². The van der Waals surface area contributed by atoms with E-state index in [9.17, 15) is 0 Å². The van der Waals surface area contributed by atoms with Crippen molar-refractivity contribution in [3.63, 3.8) is 0 Å². The minimum atomic E-state index is 0.575. The fourth-order valence-electron chi connectivity index (χ4n) is 3.14. The summed E-state index contributed by atoms with van der Waals surface area (Å²) in [5.74, 6) is 0.959. The van der Waals surface area contributed by atoms with Crippen LogP contribution in [0.5, 0.6) is 5.75 Å². The predicted molar refractivity (Wildman–Crippen MR) is 106 cm³/mol. The summed E-state index contributed by atoms with van der Waals surface area (Å²) in [6, 6.07) is 14.9. The molecule has 2 heteroatoms. The average Bonchev–Trinajstić information content (AvgIpc) is 2.65. The normalized spacial score (nSPS) is 10.7. The molecule has 0 aliphatic carbocycles. The fraction of sp³-hybridized carbons (Fsp3) is 0.522. The van der Waals surface area contributed by atoms with Crippen molar-refractivity contribution in [2.24, 2.45) is 0 Å². The highest BCUT2D eigenvalue weighted by molar-refractivity contribution is 5.84. The van der Waals surface area contributed by atoms with E-state index in [0.29, 0.717) is 6.42 Å². The summed E-state index contributed by atoms with van der Waals surface area (Å²) in [5.41, 5.74) is 1.22. The molecular weight excluding hydrogens is 306 g/mol. The van der Waals surface area contributed by atoms with E-state index in [1.807, 2.05) is 0 Å². The van der Waals surface area contributed by atoms with E-state index < -0.39 is 0 Å². The SMILES string of the molecule is CCCCCCCCCCOc1ccc2cc(CCC#N)ccc2c1. The number of nitrogens with zero attached hydrogens (tertiary/aromatic N) is 1. The maximum absolute atomic E-state index is 8.70. The van der Waals surface area contributed by atoms with Gasteiger partial charge in [0.25, 0.3) is 0 Å². The van der Waals surface area contributed by atoms with E-state index in [1.54, 1.807) is 0 Å². The van der Waals surface area contributed by atoms with Crippen LogP contribution in [0.2, 0.25) is 0 Å². The van der Waals surface area contributed by atoms with Crippen LogP contribution in [0.1, 0.15) is 70.3 Å². The third-order valence-corrected chi connectivity index (χ3v) is 4.67. The lowest BCUT2D eigenvalue weighted by molar-refractivity contribution is 0.304. The largest absolute Gasteiger partial charge is 0.494 e. The zero-order chi connectivity index (χ0) is 17.7. The molecule has 0 spiro atoms. The number of hydrogen-bond acceptors (Lipinski definition) is 2. The van der Waals surface area contributed by atoms with Gasteiger partial charge >= 0.3 is 0 Å². The summed E-state index contributed by atoms with van der Waals surface area (Å²) < 4.78 is 5.91. The molecule has 0 bridgehead atoms. The quantitative estimate of drug-likeness (QED) is 0.398. The molecule has 0 saturated carbocycles. The van der Waals surface area contributed by atoms with Crippen LogP contribution in [0.25, 0.3) is 10.8 Å². The van der Waals surface area contributed by atoms with Crippen LogP contribution in [-0.4, -0.2) is 6.61 Å². The van der Waals surface area contributed by atoms with E-state index in [2.05, 4.69) is 49.4 Å². The van der Waals surface area contributed by atoms with E-state index >= 15 is 0 Å². The van der Waals surface area contributed by atoms with Crippen molar-refractivity contribution in [3.8, 4) is 11.8 Å². The van der Waals surface area contributed by atoms with Crippen LogP contribution in [0.3, 0.4) is 0 Å². The Bertz CT molecular complexity index is 671. The smallest absolute Gasteiger partial charge is 0.119 e. The number of aryl methyl sites for hydroxylation is 1. The summed E-state index contributed by atoms with van der Waals surface area (Å²) in [6.07, 6.45) is 12.0. The lowest BCUT2D eigenvalue weighted by atomic mass is 10.0. The Morgan fingerprint density at radius 3 is 2.28 bits per heavy atom. The molecule has 0 saturated heterocycles. The van der Waals surface area contributed by atoms with Crippen molar-refractivity contribution in [1.29, 1.82) is 5.26 Å². The fourth-order valence-corrected chi connectivity index (χ4v) is 3.14. The van der Waals surface area contributed by atoms with Gasteiger partial charge in [0, 0.05) is 6.42 Å². The van der Waals surface area contributed by atoms with Gasteiger partial charge in [-0.2, -0.15) is 5.26 Å². The Kier molecular flexibility index (Phi) is 8.91. The molecule has 2 aromatic carbocycles. The average molecular weight is 338 g/mol. The van der Waals surface area contributed by atoms with Crippen molar-refractivity contribution in [1.82, 2.24) is 0 Å². The van der Waals surface area contributed by atoms with Gasteiger partial charge in [-0.25, -0.2) is 0 Å². The van der Waals surface area contributed by atoms with Crippen LogP contribution in [0, 0.1) is 11.3 Å². The molecule has 2 rings (SSSR count). The van der Waals surface area contributed by atoms with Crippen molar-refractivity contribution in [2.75, 3.05) is 6.61 Å². The van der Waals surface area contributed by atoms with Crippen LogP contribution in [0.4, 0.5) is 0 Å². The highest BCUT2D eigenvalue weighted by atomic mass is 16.5. The van der Waals surface area contributed by atoms with Gasteiger partial charge in [0.1, 0.15) is 5.75 Å². The summed E-state index contributed by atoms with van der Waals surface area (Å²) in [7, 11) is 0. The molecule has 0 aromatic heterocycles. The Labute approximate surface area is 152 Å². The number of hydrogen-bond donors (Lipinski definition) is 0. The summed E-state index contributed by atoms with van der Waals surface area (Å²) in [4.78, 5) is 0. The Morgan fingerprint density at radius 1 is 0.840 bits per heavy atom. The minimum Gasteiger partial charge on any atom is -0.494 e. The zero-order valence-electron chi connectivity index (χ0n) is 15.6. The van der Waals surface area contributed by atoms with Gasteiger partial charge in [0.2, 0.25) is 0 Å². The molecule has 0 aliphatic heterocycles. The lowest BCUT2D eigenvalue weighted by Gasteiger charge is -2.08. The second-order valence-corrected chi connectivity index (χ2v) is 6.82. The van der Waals surface area contributed by atoms with Gasteiger partial charge in [0.05, 0.1) is 12.7 Å². The molecule has 0 aliphatic rings. The van der Waals surface area contributed by atoms with Crippen LogP contribution in [-0.2, 0) is 6.42 Å². The van der Waals surface area contributed by atoms with Gasteiger partial charge in [-0.1, -0.05) is 76.1 Å². The molecule has 2 aromatic rings. The number of rotatable bonds is 12. The van der Waals surface area contributed by atoms with Gasteiger partial charge in [0.15, 0.2) is 0 Å². The van der Waals surface area contributed by atoms with Crippen LogP contribution < -0.4 is 4.74 Å². The van der Waals surface area contributed by atoms with E-state index in [0.717, 1.165) is 25.2 Å².